The van der Waals surface area contributed by atoms with E-state index in [1.165, 1.54) is 0 Å². The van der Waals surface area contributed by atoms with Crippen molar-refractivity contribution in [1.82, 2.24) is 4.90 Å². The molecule has 88 valence electrons. The summed E-state index contributed by atoms with van der Waals surface area (Å²) in [4.78, 5) is 3.03. The lowest BCUT2D eigenvalue weighted by Crippen LogP contribution is -2.56. The van der Waals surface area contributed by atoms with E-state index in [2.05, 4.69) is 25.7 Å². The van der Waals surface area contributed by atoms with Crippen molar-refractivity contribution in [3.05, 3.63) is 0 Å². The van der Waals surface area contributed by atoms with Crippen molar-refractivity contribution in [2.45, 2.75) is 51.8 Å². The lowest BCUT2D eigenvalue weighted by molar-refractivity contribution is -0.0632. The van der Waals surface area contributed by atoms with Crippen molar-refractivity contribution in [3.8, 4) is 0 Å². The van der Waals surface area contributed by atoms with E-state index in [1.54, 1.807) is 0 Å². The van der Waals surface area contributed by atoms with Crippen molar-refractivity contribution in [3.63, 3.8) is 0 Å². The highest BCUT2D eigenvalue weighted by molar-refractivity contribution is 7.80. The van der Waals surface area contributed by atoms with Crippen molar-refractivity contribution in [1.29, 1.82) is 0 Å². The van der Waals surface area contributed by atoms with Gasteiger partial charge in [0.25, 0.3) is 0 Å². The van der Waals surface area contributed by atoms with E-state index in [0.717, 1.165) is 26.0 Å². The summed E-state index contributed by atoms with van der Waals surface area (Å²) in [5.41, 5.74) is 5.79. The van der Waals surface area contributed by atoms with Crippen LogP contribution in [-0.4, -0.2) is 41.2 Å². The molecular formula is C11H22N2OS. The topological polar surface area (TPSA) is 38.5 Å². The van der Waals surface area contributed by atoms with E-state index >= 15 is 0 Å². The molecule has 0 amide bonds. The molecule has 1 aliphatic heterocycles. The maximum absolute atomic E-state index is 5.79. The van der Waals surface area contributed by atoms with Gasteiger partial charge in [-0.25, -0.2) is 0 Å². The van der Waals surface area contributed by atoms with Crippen LogP contribution in [0.15, 0.2) is 0 Å². The van der Waals surface area contributed by atoms with Crippen molar-refractivity contribution >= 4 is 17.2 Å². The van der Waals surface area contributed by atoms with Crippen LogP contribution in [0.1, 0.15) is 33.6 Å². The zero-order chi connectivity index (χ0) is 11.4. The molecule has 0 aliphatic carbocycles. The molecule has 0 aromatic carbocycles. The SMILES string of the molecule is CCC1COC(C)CN1C(CC)C(N)=S. The summed E-state index contributed by atoms with van der Waals surface area (Å²) in [6.45, 7) is 8.16. The van der Waals surface area contributed by atoms with Gasteiger partial charge in [0.2, 0.25) is 0 Å². The Hall–Kier alpha value is -0.190. The molecule has 2 N–H and O–H groups in total. The van der Waals surface area contributed by atoms with E-state index < -0.39 is 0 Å². The third kappa shape index (κ3) is 3.13. The summed E-state index contributed by atoms with van der Waals surface area (Å²) in [5.74, 6) is 0. The van der Waals surface area contributed by atoms with E-state index in [1.807, 2.05) is 0 Å². The van der Waals surface area contributed by atoms with Gasteiger partial charge in [-0.05, 0) is 19.8 Å². The van der Waals surface area contributed by atoms with Crippen LogP contribution in [0.2, 0.25) is 0 Å². The Morgan fingerprint density at radius 3 is 2.73 bits per heavy atom. The van der Waals surface area contributed by atoms with Gasteiger partial charge in [0.1, 0.15) is 0 Å². The fourth-order valence-corrected chi connectivity index (χ4v) is 2.51. The van der Waals surface area contributed by atoms with E-state index in [0.29, 0.717) is 11.0 Å². The van der Waals surface area contributed by atoms with Gasteiger partial charge < -0.3 is 10.5 Å². The van der Waals surface area contributed by atoms with Crippen LogP contribution in [0.4, 0.5) is 0 Å². The molecule has 3 atom stereocenters. The number of ether oxygens (including phenoxy) is 1. The zero-order valence-corrected chi connectivity index (χ0v) is 10.7. The van der Waals surface area contributed by atoms with Crippen LogP contribution in [0.3, 0.4) is 0 Å². The molecule has 0 aromatic rings. The van der Waals surface area contributed by atoms with E-state index in [4.69, 9.17) is 22.7 Å². The molecule has 0 saturated carbocycles. The Bertz CT molecular complexity index is 223. The Labute approximate surface area is 98.0 Å². The third-order valence-corrected chi connectivity index (χ3v) is 3.37. The Morgan fingerprint density at radius 1 is 1.60 bits per heavy atom. The number of nitrogens with two attached hydrogens (primary N) is 1. The van der Waals surface area contributed by atoms with Gasteiger partial charge in [0, 0.05) is 12.6 Å². The minimum absolute atomic E-state index is 0.233. The summed E-state index contributed by atoms with van der Waals surface area (Å²) < 4.78 is 5.66. The minimum Gasteiger partial charge on any atom is -0.392 e. The van der Waals surface area contributed by atoms with Gasteiger partial charge >= 0.3 is 0 Å². The maximum Gasteiger partial charge on any atom is 0.0902 e. The molecule has 1 rings (SSSR count). The number of thiocarbonyl (C=S) groups is 1. The zero-order valence-electron chi connectivity index (χ0n) is 9.90. The summed E-state index contributed by atoms with van der Waals surface area (Å²) in [5, 5.41) is 0. The molecule has 0 bridgehead atoms. The van der Waals surface area contributed by atoms with Gasteiger partial charge in [0.15, 0.2) is 0 Å². The Morgan fingerprint density at radius 2 is 2.27 bits per heavy atom. The van der Waals surface area contributed by atoms with Crippen LogP contribution in [0.5, 0.6) is 0 Å². The average molecular weight is 230 g/mol. The molecule has 3 unspecified atom stereocenters. The fraction of sp³-hybridized carbons (Fsp3) is 0.909. The standard InChI is InChI=1S/C11H22N2OS/c1-4-9-7-14-8(3)6-13(9)10(5-2)11(12)15/h8-10H,4-7H2,1-3H3,(H2,12,15). The molecule has 0 spiro atoms. The number of morpholine rings is 1. The summed E-state index contributed by atoms with van der Waals surface area (Å²) in [6.07, 6.45) is 2.36. The molecular weight excluding hydrogens is 208 g/mol. The van der Waals surface area contributed by atoms with E-state index in [-0.39, 0.29) is 12.1 Å². The normalized spacial score (nSPS) is 30.1. The van der Waals surface area contributed by atoms with Crippen LogP contribution in [0.25, 0.3) is 0 Å². The first-order chi connectivity index (χ1) is 7.10. The third-order valence-electron chi connectivity index (χ3n) is 3.10. The maximum atomic E-state index is 5.79. The molecule has 0 radical (unpaired) electrons. The van der Waals surface area contributed by atoms with E-state index in [9.17, 15) is 0 Å². The molecule has 1 saturated heterocycles. The number of nitrogens with zero attached hydrogens (tertiary/aromatic N) is 1. The summed E-state index contributed by atoms with van der Waals surface area (Å²) in [7, 11) is 0. The highest BCUT2D eigenvalue weighted by atomic mass is 32.1. The summed E-state index contributed by atoms with van der Waals surface area (Å²) >= 11 is 5.13. The second kappa shape index (κ2) is 5.77. The number of hydrogen-bond donors (Lipinski definition) is 1. The first-order valence-electron chi connectivity index (χ1n) is 5.76. The molecule has 1 fully saturated rings. The highest BCUT2D eigenvalue weighted by Gasteiger charge is 2.31. The predicted molar refractivity (Wildman–Crippen MR) is 67.1 cm³/mol. The molecule has 1 heterocycles. The van der Waals surface area contributed by atoms with Gasteiger partial charge in [-0.2, -0.15) is 0 Å². The quantitative estimate of drug-likeness (QED) is 0.744. The van der Waals surface area contributed by atoms with Crippen LogP contribution in [-0.2, 0) is 4.74 Å². The molecule has 0 aromatic heterocycles. The fourth-order valence-electron chi connectivity index (χ4n) is 2.20. The molecule has 3 nitrogen and oxygen atoms in total. The number of hydrogen-bond acceptors (Lipinski definition) is 3. The Kier molecular flexibility index (Phi) is 4.96. The largest absolute Gasteiger partial charge is 0.392 e. The smallest absolute Gasteiger partial charge is 0.0902 e. The minimum atomic E-state index is 0.233. The highest BCUT2D eigenvalue weighted by Crippen LogP contribution is 2.19. The van der Waals surface area contributed by atoms with Crippen molar-refractivity contribution < 1.29 is 4.74 Å². The van der Waals surface area contributed by atoms with Gasteiger partial charge in [0.05, 0.1) is 23.7 Å². The van der Waals surface area contributed by atoms with Crippen molar-refractivity contribution in [2.75, 3.05) is 13.2 Å². The Balaban J connectivity index is 2.72. The first kappa shape index (κ1) is 12.9. The average Bonchev–Trinajstić information content (AvgIpc) is 2.18. The molecule has 4 heteroatoms. The van der Waals surface area contributed by atoms with Crippen molar-refractivity contribution in [2.24, 2.45) is 5.73 Å². The van der Waals surface area contributed by atoms with Gasteiger partial charge in [-0.1, -0.05) is 26.1 Å². The lowest BCUT2D eigenvalue weighted by atomic mass is 10.1. The predicted octanol–water partition coefficient (Wildman–Crippen LogP) is 1.55. The van der Waals surface area contributed by atoms with Gasteiger partial charge in [-0.15, -0.1) is 0 Å². The van der Waals surface area contributed by atoms with Crippen LogP contribution < -0.4 is 5.73 Å². The summed E-state index contributed by atoms with van der Waals surface area (Å²) in [6, 6.07) is 0.698. The molecule has 15 heavy (non-hydrogen) atoms. The molecule has 1 aliphatic rings. The number of rotatable bonds is 4. The van der Waals surface area contributed by atoms with Crippen LogP contribution >= 0.6 is 12.2 Å². The van der Waals surface area contributed by atoms with Gasteiger partial charge in [-0.3, -0.25) is 4.90 Å². The second-order valence-electron chi connectivity index (χ2n) is 4.23. The monoisotopic (exact) mass is 230 g/mol. The second-order valence-corrected chi connectivity index (χ2v) is 4.70. The first-order valence-corrected chi connectivity index (χ1v) is 6.17. The lowest BCUT2D eigenvalue weighted by Gasteiger charge is -2.42. The van der Waals surface area contributed by atoms with Crippen LogP contribution in [0, 0.1) is 0 Å².